The Hall–Kier alpha value is -0.430. The summed E-state index contributed by atoms with van der Waals surface area (Å²) in [5, 5.41) is 13.0. The summed E-state index contributed by atoms with van der Waals surface area (Å²) in [7, 11) is 0. The molecule has 1 aliphatic rings. The Labute approximate surface area is 137 Å². The van der Waals surface area contributed by atoms with Gasteiger partial charge in [0.15, 0.2) is 17.4 Å². The van der Waals surface area contributed by atoms with Gasteiger partial charge in [0.2, 0.25) is 0 Å². The van der Waals surface area contributed by atoms with Gasteiger partial charge >= 0.3 is 0 Å². The van der Waals surface area contributed by atoms with Crippen molar-refractivity contribution in [1.82, 2.24) is 5.32 Å². The Kier molecular flexibility index (Phi) is 7.87. The number of ether oxygens (including phenoxy) is 1. The van der Waals surface area contributed by atoms with Crippen LogP contribution in [-0.2, 0) is 0 Å². The quantitative estimate of drug-likeness (QED) is 0.787. The lowest BCUT2D eigenvalue weighted by molar-refractivity contribution is 0.0990. The Morgan fingerprint density at radius 2 is 1.86 bits per heavy atom. The van der Waals surface area contributed by atoms with Crippen LogP contribution in [0.15, 0.2) is 16.6 Å². The van der Waals surface area contributed by atoms with Crippen LogP contribution < -0.4 is 10.1 Å². The fourth-order valence-corrected chi connectivity index (χ4v) is 2.74. The fraction of sp³-hybridized carbons (Fsp3) is 0.571. The third-order valence-corrected chi connectivity index (χ3v) is 3.84. The standard InChI is InChI=1S/C14H18BrF2NO2.ClH/c15-9-5-12(16)14(13(17)6-9)20-8-11(19)7-18-10-3-1-2-4-10;/h5-6,10-11,18-19H,1-4,7-8H2;1H. The van der Waals surface area contributed by atoms with Crippen LogP contribution >= 0.6 is 28.3 Å². The molecule has 0 amide bonds. The van der Waals surface area contributed by atoms with Crippen molar-refractivity contribution >= 4 is 28.3 Å². The van der Waals surface area contributed by atoms with Gasteiger partial charge in [0.25, 0.3) is 0 Å². The van der Waals surface area contributed by atoms with E-state index < -0.39 is 23.5 Å². The Balaban J connectivity index is 0.00000220. The van der Waals surface area contributed by atoms with Gasteiger partial charge in [-0.3, -0.25) is 0 Å². The highest BCUT2D eigenvalue weighted by Gasteiger charge is 2.17. The molecule has 3 nitrogen and oxygen atoms in total. The summed E-state index contributed by atoms with van der Waals surface area (Å²) < 4.78 is 32.3. The summed E-state index contributed by atoms with van der Waals surface area (Å²) >= 11 is 2.99. The smallest absolute Gasteiger partial charge is 0.190 e. The zero-order valence-electron chi connectivity index (χ0n) is 11.4. The summed E-state index contributed by atoms with van der Waals surface area (Å²) in [5.41, 5.74) is 0. The predicted octanol–water partition coefficient (Wildman–Crippen LogP) is 3.42. The average molecular weight is 387 g/mol. The van der Waals surface area contributed by atoms with E-state index in [1.165, 1.54) is 12.8 Å². The maximum Gasteiger partial charge on any atom is 0.190 e. The number of rotatable bonds is 6. The van der Waals surface area contributed by atoms with Gasteiger partial charge in [0.1, 0.15) is 12.7 Å². The molecule has 1 fully saturated rings. The first-order valence-corrected chi connectivity index (χ1v) is 7.54. The number of halogens is 4. The van der Waals surface area contributed by atoms with Crippen molar-refractivity contribution in [1.29, 1.82) is 0 Å². The molecule has 21 heavy (non-hydrogen) atoms. The average Bonchev–Trinajstić information content (AvgIpc) is 2.88. The summed E-state index contributed by atoms with van der Waals surface area (Å²) in [5.74, 6) is -2.02. The van der Waals surface area contributed by atoms with Crippen LogP contribution in [0, 0.1) is 11.6 Å². The van der Waals surface area contributed by atoms with Crippen molar-refractivity contribution in [2.45, 2.75) is 37.8 Å². The molecule has 1 unspecified atom stereocenters. The minimum Gasteiger partial charge on any atom is -0.485 e. The van der Waals surface area contributed by atoms with Crippen molar-refractivity contribution in [3.05, 3.63) is 28.2 Å². The zero-order chi connectivity index (χ0) is 14.5. The summed E-state index contributed by atoms with van der Waals surface area (Å²) in [6, 6.07) is 2.69. The van der Waals surface area contributed by atoms with E-state index in [2.05, 4.69) is 21.2 Å². The van der Waals surface area contributed by atoms with Crippen LogP contribution in [0.5, 0.6) is 5.75 Å². The van der Waals surface area contributed by atoms with E-state index in [0.717, 1.165) is 25.0 Å². The van der Waals surface area contributed by atoms with E-state index >= 15 is 0 Å². The first-order chi connectivity index (χ1) is 9.56. The van der Waals surface area contributed by atoms with Crippen molar-refractivity contribution in [3.8, 4) is 5.75 Å². The molecule has 0 spiro atoms. The molecule has 0 saturated heterocycles. The minimum absolute atomic E-state index is 0. The van der Waals surface area contributed by atoms with Crippen molar-refractivity contribution in [2.75, 3.05) is 13.2 Å². The number of hydrogen-bond donors (Lipinski definition) is 2. The van der Waals surface area contributed by atoms with Crippen molar-refractivity contribution in [2.24, 2.45) is 0 Å². The Morgan fingerprint density at radius 1 is 1.29 bits per heavy atom. The SMILES string of the molecule is Cl.OC(CNC1CCCC1)COc1c(F)cc(Br)cc1F. The van der Waals surface area contributed by atoms with Crippen LogP contribution in [0.2, 0.25) is 0 Å². The molecule has 0 bridgehead atoms. The van der Waals surface area contributed by atoms with Gasteiger partial charge < -0.3 is 15.2 Å². The molecule has 1 aromatic carbocycles. The lowest BCUT2D eigenvalue weighted by Crippen LogP contribution is -2.36. The molecule has 0 aliphatic heterocycles. The van der Waals surface area contributed by atoms with Crippen molar-refractivity contribution < 1.29 is 18.6 Å². The second kappa shape index (κ2) is 8.88. The van der Waals surface area contributed by atoms with Gasteiger partial charge in [-0.25, -0.2) is 8.78 Å². The number of benzene rings is 1. The molecule has 1 atom stereocenters. The number of nitrogens with one attached hydrogen (secondary N) is 1. The van der Waals surface area contributed by atoms with Crippen molar-refractivity contribution in [3.63, 3.8) is 0 Å². The maximum atomic E-state index is 13.5. The molecule has 1 saturated carbocycles. The normalized spacial score (nSPS) is 16.6. The molecule has 0 radical (unpaired) electrons. The molecule has 7 heteroatoms. The molecule has 0 aromatic heterocycles. The first-order valence-electron chi connectivity index (χ1n) is 6.75. The molecule has 120 valence electrons. The molecule has 1 aliphatic carbocycles. The Bertz CT molecular complexity index is 436. The summed E-state index contributed by atoms with van der Waals surface area (Å²) in [6.45, 7) is 0.222. The molecular formula is C14H19BrClF2NO2. The fourth-order valence-electron chi connectivity index (χ4n) is 2.34. The van der Waals surface area contributed by atoms with Gasteiger partial charge in [-0.15, -0.1) is 12.4 Å². The number of aliphatic hydroxyl groups excluding tert-OH is 1. The van der Waals surface area contributed by atoms with Gasteiger partial charge in [-0.2, -0.15) is 0 Å². The van der Waals surface area contributed by atoms with Gasteiger partial charge in [0, 0.05) is 17.1 Å². The van der Waals surface area contributed by atoms with E-state index in [1.54, 1.807) is 0 Å². The molecule has 1 aromatic rings. The highest BCUT2D eigenvalue weighted by atomic mass is 79.9. The molecule has 2 rings (SSSR count). The van der Waals surface area contributed by atoms with E-state index in [9.17, 15) is 13.9 Å². The number of hydrogen-bond acceptors (Lipinski definition) is 3. The molecular weight excluding hydrogens is 368 g/mol. The van der Waals surface area contributed by atoms with Crippen LogP contribution in [0.3, 0.4) is 0 Å². The molecule has 2 N–H and O–H groups in total. The molecule has 0 heterocycles. The highest BCUT2D eigenvalue weighted by Crippen LogP contribution is 2.26. The highest BCUT2D eigenvalue weighted by molar-refractivity contribution is 9.10. The van der Waals surface area contributed by atoms with E-state index in [1.807, 2.05) is 0 Å². The van der Waals surface area contributed by atoms with Gasteiger partial charge in [0.05, 0.1) is 0 Å². The van der Waals surface area contributed by atoms with E-state index in [-0.39, 0.29) is 19.0 Å². The maximum absolute atomic E-state index is 13.5. The zero-order valence-corrected chi connectivity index (χ0v) is 13.9. The van der Waals surface area contributed by atoms with Crippen LogP contribution in [0.4, 0.5) is 8.78 Å². The van der Waals surface area contributed by atoms with Crippen LogP contribution in [-0.4, -0.2) is 30.4 Å². The topological polar surface area (TPSA) is 41.5 Å². The van der Waals surface area contributed by atoms with Crippen LogP contribution in [0.25, 0.3) is 0 Å². The monoisotopic (exact) mass is 385 g/mol. The predicted molar refractivity (Wildman–Crippen MR) is 83.1 cm³/mol. The van der Waals surface area contributed by atoms with E-state index in [0.29, 0.717) is 17.1 Å². The van der Waals surface area contributed by atoms with Gasteiger partial charge in [-0.05, 0) is 25.0 Å². The number of aliphatic hydroxyl groups is 1. The second-order valence-electron chi connectivity index (χ2n) is 5.05. The first kappa shape index (κ1) is 18.6. The third kappa shape index (κ3) is 5.70. The van der Waals surface area contributed by atoms with Crippen LogP contribution in [0.1, 0.15) is 25.7 Å². The lowest BCUT2D eigenvalue weighted by Gasteiger charge is -2.17. The summed E-state index contributed by atoms with van der Waals surface area (Å²) in [4.78, 5) is 0. The third-order valence-electron chi connectivity index (χ3n) is 3.38. The second-order valence-corrected chi connectivity index (χ2v) is 5.97. The minimum atomic E-state index is -0.793. The van der Waals surface area contributed by atoms with Gasteiger partial charge in [-0.1, -0.05) is 28.8 Å². The van der Waals surface area contributed by atoms with E-state index in [4.69, 9.17) is 4.74 Å². The largest absolute Gasteiger partial charge is 0.485 e. The lowest BCUT2D eigenvalue weighted by atomic mass is 10.2. The Morgan fingerprint density at radius 3 is 2.43 bits per heavy atom. The summed E-state index contributed by atoms with van der Waals surface area (Å²) in [6.07, 6.45) is 3.85.